The average Bonchev–Trinajstić information content (AvgIpc) is 3.12. The molecule has 0 fully saturated rings. The summed E-state index contributed by atoms with van der Waals surface area (Å²) in [5.41, 5.74) is 3.00. The van der Waals surface area contributed by atoms with Crippen molar-refractivity contribution in [3.63, 3.8) is 0 Å². The van der Waals surface area contributed by atoms with Crippen molar-refractivity contribution >= 4 is 0 Å². The monoisotopic (exact) mass is 254 g/mol. The summed E-state index contributed by atoms with van der Waals surface area (Å²) in [5.74, 6) is 0. The van der Waals surface area contributed by atoms with Crippen molar-refractivity contribution in [3.8, 4) is 5.69 Å². The van der Waals surface area contributed by atoms with E-state index in [2.05, 4.69) is 15.6 Å². The van der Waals surface area contributed by atoms with Crippen LogP contribution < -0.4 is 5.32 Å². The Morgan fingerprint density at radius 2 is 2.05 bits per heavy atom. The highest BCUT2D eigenvalue weighted by molar-refractivity contribution is 5.34. The molecule has 1 N–H and O–H groups in total. The summed E-state index contributed by atoms with van der Waals surface area (Å²) in [6.45, 7) is 0. The molecule has 1 unspecified atom stereocenters. The van der Waals surface area contributed by atoms with Crippen LogP contribution >= 0.6 is 0 Å². The van der Waals surface area contributed by atoms with Gasteiger partial charge in [-0.1, -0.05) is 23.4 Å². The summed E-state index contributed by atoms with van der Waals surface area (Å²) < 4.78 is 6.98. The van der Waals surface area contributed by atoms with E-state index in [0.717, 1.165) is 16.9 Å². The topological polar surface area (TPSA) is 55.9 Å². The molecule has 2 aromatic heterocycles. The SMILES string of the molecule is CNC(c1ccoc1)c1cnnn1-c1ccccc1. The molecule has 0 spiro atoms. The van der Waals surface area contributed by atoms with Crippen LogP contribution in [0.25, 0.3) is 5.69 Å². The maximum Gasteiger partial charge on any atom is 0.0954 e. The molecule has 0 aliphatic heterocycles. The number of aromatic nitrogens is 3. The number of nitrogens with zero attached hydrogens (tertiary/aromatic N) is 3. The summed E-state index contributed by atoms with van der Waals surface area (Å²) in [7, 11) is 1.90. The average molecular weight is 254 g/mol. The third-order valence-corrected chi connectivity index (χ3v) is 3.04. The van der Waals surface area contributed by atoms with Crippen LogP contribution in [0.3, 0.4) is 0 Å². The van der Waals surface area contributed by atoms with E-state index in [0.29, 0.717) is 0 Å². The first-order chi connectivity index (χ1) is 9.40. The standard InChI is InChI=1S/C14H14N4O/c1-15-14(11-7-8-19-10-11)13-9-16-17-18(13)12-5-3-2-4-6-12/h2-10,14-15H,1H3. The third kappa shape index (κ3) is 2.15. The van der Waals surface area contributed by atoms with Crippen molar-refractivity contribution in [1.29, 1.82) is 0 Å². The maximum absolute atomic E-state index is 5.15. The molecular formula is C14H14N4O. The van der Waals surface area contributed by atoms with Gasteiger partial charge in [-0.3, -0.25) is 0 Å². The maximum atomic E-state index is 5.15. The fraction of sp³-hybridized carbons (Fsp3) is 0.143. The first kappa shape index (κ1) is 11.7. The predicted molar refractivity (Wildman–Crippen MR) is 71.0 cm³/mol. The van der Waals surface area contributed by atoms with E-state index < -0.39 is 0 Å². The Hall–Kier alpha value is -2.40. The van der Waals surface area contributed by atoms with Gasteiger partial charge in [0, 0.05) is 5.56 Å². The number of furan rings is 1. The molecule has 96 valence electrons. The van der Waals surface area contributed by atoms with Crippen LogP contribution in [-0.4, -0.2) is 22.0 Å². The van der Waals surface area contributed by atoms with E-state index in [1.165, 1.54) is 0 Å². The molecule has 1 atom stereocenters. The second kappa shape index (κ2) is 5.07. The molecule has 5 heteroatoms. The normalized spacial score (nSPS) is 12.5. The van der Waals surface area contributed by atoms with E-state index in [-0.39, 0.29) is 6.04 Å². The van der Waals surface area contributed by atoms with E-state index in [9.17, 15) is 0 Å². The highest BCUT2D eigenvalue weighted by Gasteiger charge is 2.19. The highest BCUT2D eigenvalue weighted by Crippen LogP contribution is 2.23. The van der Waals surface area contributed by atoms with Crippen LogP contribution in [0.15, 0.2) is 59.5 Å². The Morgan fingerprint density at radius 3 is 2.74 bits per heavy atom. The van der Waals surface area contributed by atoms with Crippen molar-refractivity contribution in [1.82, 2.24) is 20.3 Å². The van der Waals surface area contributed by atoms with Gasteiger partial charge in [0.2, 0.25) is 0 Å². The molecule has 3 rings (SSSR count). The molecular weight excluding hydrogens is 240 g/mol. The number of rotatable bonds is 4. The summed E-state index contributed by atoms with van der Waals surface area (Å²) >= 11 is 0. The van der Waals surface area contributed by atoms with Gasteiger partial charge in [0.25, 0.3) is 0 Å². The lowest BCUT2D eigenvalue weighted by Crippen LogP contribution is -2.20. The zero-order valence-corrected chi connectivity index (χ0v) is 10.5. The summed E-state index contributed by atoms with van der Waals surface area (Å²) in [6, 6.07) is 11.9. The van der Waals surface area contributed by atoms with Crippen LogP contribution in [0, 0.1) is 0 Å². The minimum Gasteiger partial charge on any atom is -0.472 e. The summed E-state index contributed by atoms with van der Waals surface area (Å²) in [6.07, 6.45) is 5.15. The highest BCUT2D eigenvalue weighted by atomic mass is 16.3. The Balaban J connectivity index is 2.04. The first-order valence-corrected chi connectivity index (χ1v) is 6.05. The van der Waals surface area contributed by atoms with Crippen molar-refractivity contribution in [2.45, 2.75) is 6.04 Å². The molecule has 0 aliphatic rings. The Labute approximate surface area is 110 Å². The van der Waals surface area contributed by atoms with E-state index >= 15 is 0 Å². The number of hydrogen-bond donors (Lipinski definition) is 1. The van der Waals surface area contributed by atoms with Gasteiger partial charge < -0.3 is 9.73 Å². The molecule has 2 heterocycles. The van der Waals surface area contributed by atoms with Gasteiger partial charge in [0.15, 0.2) is 0 Å². The Bertz CT molecular complexity index is 631. The van der Waals surface area contributed by atoms with Gasteiger partial charge in [-0.2, -0.15) is 0 Å². The van der Waals surface area contributed by atoms with Crippen molar-refractivity contribution < 1.29 is 4.42 Å². The third-order valence-electron chi connectivity index (χ3n) is 3.04. The molecule has 0 radical (unpaired) electrons. The van der Waals surface area contributed by atoms with E-state index in [4.69, 9.17) is 4.42 Å². The van der Waals surface area contributed by atoms with Crippen LogP contribution in [0.5, 0.6) is 0 Å². The molecule has 0 saturated heterocycles. The van der Waals surface area contributed by atoms with E-state index in [1.54, 1.807) is 18.7 Å². The fourth-order valence-electron chi connectivity index (χ4n) is 2.13. The quantitative estimate of drug-likeness (QED) is 0.775. The zero-order chi connectivity index (χ0) is 13.1. The molecule has 0 saturated carbocycles. The molecule has 5 nitrogen and oxygen atoms in total. The van der Waals surface area contributed by atoms with Gasteiger partial charge >= 0.3 is 0 Å². The van der Waals surface area contributed by atoms with Crippen LogP contribution in [0.1, 0.15) is 17.3 Å². The van der Waals surface area contributed by atoms with Gasteiger partial charge in [-0.05, 0) is 25.2 Å². The van der Waals surface area contributed by atoms with Gasteiger partial charge in [0.05, 0.1) is 36.1 Å². The van der Waals surface area contributed by atoms with Gasteiger partial charge in [-0.15, -0.1) is 5.10 Å². The van der Waals surface area contributed by atoms with Crippen LogP contribution in [0.2, 0.25) is 0 Å². The van der Waals surface area contributed by atoms with Gasteiger partial charge in [0.1, 0.15) is 0 Å². The van der Waals surface area contributed by atoms with Crippen molar-refractivity contribution in [2.24, 2.45) is 0 Å². The molecule has 0 aliphatic carbocycles. The smallest absolute Gasteiger partial charge is 0.0954 e. The summed E-state index contributed by atoms with van der Waals surface area (Å²) in [5, 5.41) is 11.4. The Morgan fingerprint density at radius 1 is 1.21 bits per heavy atom. The minimum absolute atomic E-state index is 0.00560. The first-order valence-electron chi connectivity index (χ1n) is 6.05. The Kier molecular flexibility index (Phi) is 3.12. The number of nitrogens with one attached hydrogen (secondary N) is 1. The zero-order valence-electron chi connectivity index (χ0n) is 10.5. The lowest BCUT2D eigenvalue weighted by molar-refractivity contribution is 0.553. The molecule has 3 aromatic rings. The second-order valence-electron chi connectivity index (χ2n) is 4.18. The molecule has 0 bridgehead atoms. The number of para-hydroxylation sites is 1. The lowest BCUT2D eigenvalue weighted by atomic mass is 10.1. The molecule has 0 amide bonds. The van der Waals surface area contributed by atoms with Crippen LogP contribution in [0.4, 0.5) is 0 Å². The lowest BCUT2D eigenvalue weighted by Gasteiger charge is -2.15. The predicted octanol–water partition coefficient (Wildman–Crippen LogP) is 2.17. The van der Waals surface area contributed by atoms with E-state index in [1.807, 2.05) is 48.1 Å². The van der Waals surface area contributed by atoms with Gasteiger partial charge in [-0.25, -0.2) is 4.68 Å². The molecule has 19 heavy (non-hydrogen) atoms. The number of hydrogen-bond acceptors (Lipinski definition) is 4. The fourth-order valence-corrected chi connectivity index (χ4v) is 2.13. The van der Waals surface area contributed by atoms with Crippen molar-refractivity contribution in [3.05, 3.63) is 66.4 Å². The second-order valence-corrected chi connectivity index (χ2v) is 4.18. The van der Waals surface area contributed by atoms with Crippen LogP contribution in [-0.2, 0) is 0 Å². The molecule has 1 aromatic carbocycles. The van der Waals surface area contributed by atoms with Crippen molar-refractivity contribution in [2.75, 3.05) is 7.05 Å². The minimum atomic E-state index is -0.00560. The number of benzene rings is 1. The largest absolute Gasteiger partial charge is 0.472 e. The summed E-state index contributed by atoms with van der Waals surface area (Å²) in [4.78, 5) is 0.